The molecule has 0 aliphatic carbocycles. The number of carbonyl (C=O) groups is 1. The van der Waals surface area contributed by atoms with Crippen LogP contribution in [0.2, 0.25) is 0 Å². The first kappa shape index (κ1) is 25.2. The average molecular weight is 457 g/mol. The molecule has 0 spiro atoms. The molecule has 1 atom stereocenters. The molecular weight excluding hydrogens is 419 g/mol. The Morgan fingerprint density at radius 1 is 1.12 bits per heavy atom. The predicted octanol–water partition coefficient (Wildman–Crippen LogP) is 4.69. The number of piperidine rings is 1. The summed E-state index contributed by atoms with van der Waals surface area (Å²) in [6, 6.07) is 15.2. The van der Waals surface area contributed by atoms with Gasteiger partial charge < -0.3 is 20.1 Å². The molecule has 0 unspecified atom stereocenters. The number of aliphatic hydroxyl groups is 1. The molecule has 1 saturated heterocycles. The van der Waals surface area contributed by atoms with Crippen LogP contribution in [0.25, 0.3) is 11.1 Å². The van der Waals surface area contributed by atoms with Crippen molar-refractivity contribution in [1.82, 2.24) is 10.2 Å². The first-order valence-corrected chi connectivity index (χ1v) is 11.9. The molecule has 1 amide bonds. The highest BCUT2D eigenvalue weighted by molar-refractivity contribution is 5.94. The fourth-order valence-corrected chi connectivity index (χ4v) is 4.16. The van der Waals surface area contributed by atoms with Crippen molar-refractivity contribution < 1.29 is 19.0 Å². The number of benzene rings is 2. The minimum atomic E-state index is -1.14. The van der Waals surface area contributed by atoms with Crippen molar-refractivity contribution in [3.63, 3.8) is 0 Å². The van der Waals surface area contributed by atoms with E-state index in [0.717, 1.165) is 42.8 Å². The van der Waals surface area contributed by atoms with E-state index in [1.807, 2.05) is 43.3 Å². The zero-order valence-corrected chi connectivity index (χ0v) is 20.0. The van der Waals surface area contributed by atoms with Crippen LogP contribution in [0.4, 0.5) is 4.39 Å². The lowest BCUT2D eigenvalue weighted by atomic mass is 9.97. The summed E-state index contributed by atoms with van der Waals surface area (Å²) in [5.41, 5.74) is 1.51. The Hall–Kier alpha value is -2.44. The second-order valence-corrected chi connectivity index (χ2v) is 9.61. The first-order valence-electron chi connectivity index (χ1n) is 11.9. The van der Waals surface area contributed by atoms with Crippen LogP contribution >= 0.6 is 0 Å². The van der Waals surface area contributed by atoms with Crippen molar-refractivity contribution in [2.45, 2.75) is 51.7 Å². The average Bonchev–Trinajstić information content (AvgIpc) is 2.81. The third-order valence-corrected chi connectivity index (χ3v) is 6.18. The molecule has 2 aromatic rings. The number of hydrogen-bond acceptors (Lipinski definition) is 4. The van der Waals surface area contributed by atoms with Gasteiger partial charge in [0.05, 0.1) is 19.3 Å². The molecule has 0 aromatic heterocycles. The topological polar surface area (TPSA) is 61.8 Å². The van der Waals surface area contributed by atoms with Crippen molar-refractivity contribution in [3.05, 3.63) is 54.1 Å². The highest BCUT2D eigenvalue weighted by atomic mass is 19.1. The van der Waals surface area contributed by atoms with Gasteiger partial charge in [-0.05, 0) is 87.5 Å². The molecule has 0 saturated carbocycles. The molecule has 1 aliphatic heterocycles. The Morgan fingerprint density at radius 3 is 2.21 bits per heavy atom. The lowest BCUT2D eigenvalue weighted by Gasteiger charge is -2.34. The summed E-state index contributed by atoms with van der Waals surface area (Å²) in [7, 11) is 0. The van der Waals surface area contributed by atoms with Crippen LogP contribution in [-0.4, -0.2) is 60.5 Å². The molecule has 2 N–H and O–H groups in total. The van der Waals surface area contributed by atoms with E-state index < -0.39 is 5.67 Å². The molecule has 1 aliphatic rings. The van der Waals surface area contributed by atoms with Crippen molar-refractivity contribution >= 4 is 5.91 Å². The van der Waals surface area contributed by atoms with Crippen molar-refractivity contribution in [2.75, 3.05) is 32.8 Å². The first-order chi connectivity index (χ1) is 15.8. The van der Waals surface area contributed by atoms with Gasteiger partial charge >= 0.3 is 0 Å². The van der Waals surface area contributed by atoms with Crippen LogP contribution in [0.5, 0.6) is 5.75 Å². The number of likely N-dealkylation sites (tertiary alicyclic amines) is 1. The zero-order chi connectivity index (χ0) is 23.8. The summed E-state index contributed by atoms with van der Waals surface area (Å²) in [6.07, 6.45) is 2.75. The molecule has 1 heterocycles. The van der Waals surface area contributed by atoms with Crippen LogP contribution in [0.3, 0.4) is 0 Å². The predicted molar refractivity (Wildman–Crippen MR) is 130 cm³/mol. The molecule has 5 nitrogen and oxygen atoms in total. The van der Waals surface area contributed by atoms with Crippen molar-refractivity contribution in [2.24, 2.45) is 5.92 Å². The molecule has 3 rings (SSSR count). The number of alkyl halides is 1. The van der Waals surface area contributed by atoms with Crippen LogP contribution in [0.15, 0.2) is 48.5 Å². The molecule has 6 heteroatoms. The van der Waals surface area contributed by atoms with E-state index in [1.54, 1.807) is 26.0 Å². The number of hydrogen-bond donors (Lipinski definition) is 2. The van der Waals surface area contributed by atoms with Gasteiger partial charge in [0.2, 0.25) is 0 Å². The minimum absolute atomic E-state index is 0.0641. The summed E-state index contributed by atoms with van der Waals surface area (Å²) in [5, 5.41) is 12.1. The standard InChI is InChI=1S/C27H37FN2O3/c1-4-24(17-31)29-26(32)23-7-5-21(6-8-23)22-9-11-25(12-10-22)33-18-20-13-15-30(16-14-20)19-27(2,3)28/h5-12,20,24,31H,4,13-19H2,1-3H3,(H,29,32)/t24-/m1/s1. The van der Waals surface area contributed by atoms with Gasteiger partial charge in [0.15, 0.2) is 0 Å². The summed E-state index contributed by atoms with van der Waals surface area (Å²) >= 11 is 0. The van der Waals surface area contributed by atoms with Crippen LogP contribution in [0, 0.1) is 5.92 Å². The van der Waals surface area contributed by atoms with E-state index >= 15 is 0 Å². The molecule has 0 bridgehead atoms. The van der Waals surface area contributed by atoms with E-state index in [4.69, 9.17) is 4.74 Å². The summed E-state index contributed by atoms with van der Waals surface area (Å²) < 4.78 is 19.8. The van der Waals surface area contributed by atoms with E-state index in [0.29, 0.717) is 31.1 Å². The Kier molecular flexibility index (Phi) is 8.87. The maximum absolute atomic E-state index is 13.8. The maximum Gasteiger partial charge on any atom is 0.251 e. The van der Waals surface area contributed by atoms with Crippen LogP contribution in [0.1, 0.15) is 50.4 Å². The largest absolute Gasteiger partial charge is 0.493 e. The number of halogens is 1. The second kappa shape index (κ2) is 11.6. The quantitative estimate of drug-likeness (QED) is 0.544. The van der Waals surface area contributed by atoms with E-state index in [9.17, 15) is 14.3 Å². The van der Waals surface area contributed by atoms with E-state index in [1.165, 1.54) is 0 Å². The number of nitrogens with zero attached hydrogens (tertiary/aromatic N) is 1. The van der Waals surface area contributed by atoms with Gasteiger partial charge in [-0.1, -0.05) is 31.2 Å². The van der Waals surface area contributed by atoms with E-state index in [2.05, 4.69) is 10.2 Å². The van der Waals surface area contributed by atoms with Gasteiger partial charge in [-0.25, -0.2) is 4.39 Å². The SMILES string of the molecule is CC[C@H](CO)NC(=O)c1ccc(-c2ccc(OCC3CCN(CC(C)(C)F)CC3)cc2)cc1. The Bertz CT molecular complexity index is 866. The van der Waals surface area contributed by atoms with Gasteiger partial charge in [-0.2, -0.15) is 0 Å². The highest BCUT2D eigenvalue weighted by Gasteiger charge is 2.25. The van der Waals surface area contributed by atoms with Crippen LogP contribution in [-0.2, 0) is 0 Å². The van der Waals surface area contributed by atoms with Crippen molar-refractivity contribution in [3.8, 4) is 16.9 Å². The molecule has 180 valence electrons. The van der Waals surface area contributed by atoms with Gasteiger partial charge in [-0.15, -0.1) is 0 Å². The number of rotatable bonds is 10. The maximum atomic E-state index is 13.8. The number of amides is 1. The van der Waals surface area contributed by atoms with Crippen molar-refractivity contribution in [1.29, 1.82) is 0 Å². The lowest BCUT2D eigenvalue weighted by Crippen LogP contribution is -2.41. The van der Waals surface area contributed by atoms with Gasteiger partial charge in [0, 0.05) is 12.1 Å². The fraction of sp³-hybridized carbons (Fsp3) is 0.519. The monoisotopic (exact) mass is 456 g/mol. The van der Waals surface area contributed by atoms with Crippen LogP contribution < -0.4 is 10.1 Å². The summed E-state index contributed by atoms with van der Waals surface area (Å²) in [6.45, 7) is 8.16. The number of ether oxygens (including phenoxy) is 1. The highest BCUT2D eigenvalue weighted by Crippen LogP contribution is 2.25. The number of carbonyl (C=O) groups excluding carboxylic acids is 1. The Morgan fingerprint density at radius 2 is 1.70 bits per heavy atom. The third kappa shape index (κ3) is 7.83. The molecular formula is C27H37FN2O3. The normalized spacial score (nSPS) is 16.4. The molecule has 2 aromatic carbocycles. The van der Waals surface area contributed by atoms with Gasteiger partial charge in [0.25, 0.3) is 5.91 Å². The number of nitrogens with one attached hydrogen (secondary N) is 1. The minimum Gasteiger partial charge on any atom is -0.493 e. The molecule has 1 fully saturated rings. The van der Waals surface area contributed by atoms with Gasteiger partial charge in [0.1, 0.15) is 11.4 Å². The Labute approximate surface area is 197 Å². The molecule has 33 heavy (non-hydrogen) atoms. The summed E-state index contributed by atoms with van der Waals surface area (Å²) in [4.78, 5) is 14.5. The summed E-state index contributed by atoms with van der Waals surface area (Å²) in [5.74, 6) is 1.17. The Balaban J connectivity index is 1.48. The number of aliphatic hydroxyl groups excluding tert-OH is 1. The third-order valence-electron chi connectivity index (χ3n) is 6.18. The van der Waals surface area contributed by atoms with Gasteiger partial charge in [-0.3, -0.25) is 4.79 Å². The smallest absolute Gasteiger partial charge is 0.251 e. The zero-order valence-electron chi connectivity index (χ0n) is 20.0. The second-order valence-electron chi connectivity index (χ2n) is 9.61. The lowest BCUT2D eigenvalue weighted by molar-refractivity contribution is 0.0836. The molecule has 0 radical (unpaired) electrons. The van der Waals surface area contributed by atoms with E-state index in [-0.39, 0.29) is 18.6 Å². The fourth-order valence-electron chi connectivity index (χ4n) is 4.16.